The van der Waals surface area contributed by atoms with Crippen LogP contribution in [0.1, 0.15) is 18.2 Å². The summed E-state index contributed by atoms with van der Waals surface area (Å²) in [6.45, 7) is 3.24. The summed E-state index contributed by atoms with van der Waals surface area (Å²) >= 11 is 0. The highest BCUT2D eigenvalue weighted by Gasteiger charge is 2.20. The van der Waals surface area contributed by atoms with Crippen molar-refractivity contribution in [1.82, 2.24) is 18.9 Å². The Morgan fingerprint density at radius 2 is 1.50 bits per heavy atom. The molecule has 0 saturated heterocycles. The maximum atomic E-state index is 13.1. The van der Waals surface area contributed by atoms with E-state index in [1.807, 2.05) is 18.2 Å². The minimum absolute atomic E-state index is 0.0967. The molecule has 0 saturated carbocycles. The molecular formula is C23H21N5O4. The van der Waals surface area contributed by atoms with E-state index in [1.54, 1.807) is 61.1 Å². The zero-order valence-electron chi connectivity index (χ0n) is 17.7. The van der Waals surface area contributed by atoms with Gasteiger partial charge in [-0.15, -0.1) is 0 Å². The van der Waals surface area contributed by atoms with Gasteiger partial charge in [-0.05, 0) is 38.1 Å². The molecule has 4 aromatic rings. The Morgan fingerprint density at radius 1 is 0.938 bits per heavy atom. The van der Waals surface area contributed by atoms with Gasteiger partial charge in [0.2, 0.25) is 5.88 Å². The van der Waals surface area contributed by atoms with E-state index in [1.165, 1.54) is 11.6 Å². The quantitative estimate of drug-likeness (QED) is 0.482. The highest BCUT2D eigenvalue weighted by molar-refractivity contribution is 6.01. The van der Waals surface area contributed by atoms with Crippen molar-refractivity contribution in [3.8, 4) is 17.3 Å². The van der Waals surface area contributed by atoms with Crippen molar-refractivity contribution in [3.63, 3.8) is 0 Å². The number of hydrogen-bond acceptors (Lipinski definition) is 5. The summed E-state index contributed by atoms with van der Waals surface area (Å²) in [6, 6.07) is 17.5. The highest BCUT2D eigenvalue weighted by atomic mass is 16.3. The van der Waals surface area contributed by atoms with Crippen LogP contribution in [-0.4, -0.2) is 29.7 Å². The second-order valence-corrected chi connectivity index (χ2v) is 7.24. The number of H-pyrrole nitrogens is 1. The number of nitrogens with zero attached hydrogens (tertiary/aromatic N) is 4. The van der Waals surface area contributed by atoms with Crippen LogP contribution in [0.5, 0.6) is 5.88 Å². The van der Waals surface area contributed by atoms with Crippen LogP contribution in [0.2, 0.25) is 0 Å². The Kier molecular flexibility index (Phi) is 5.23. The predicted octanol–water partition coefficient (Wildman–Crippen LogP) is 2.17. The lowest BCUT2D eigenvalue weighted by Crippen LogP contribution is -2.32. The molecule has 2 aromatic carbocycles. The molecule has 4 rings (SSSR count). The van der Waals surface area contributed by atoms with Crippen LogP contribution in [0.15, 0.2) is 80.0 Å². The average molecular weight is 431 g/mol. The van der Waals surface area contributed by atoms with Crippen LogP contribution in [0.25, 0.3) is 11.4 Å². The van der Waals surface area contributed by atoms with Gasteiger partial charge in [-0.1, -0.05) is 36.4 Å². The Bertz CT molecular complexity index is 1510. The lowest BCUT2D eigenvalue weighted by Gasteiger charge is -2.11. The van der Waals surface area contributed by atoms with E-state index >= 15 is 0 Å². The number of aromatic hydroxyl groups is 1. The molecule has 2 heterocycles. The van der Waals surface area contributed by atoms with E-state index in [9.17, 15) is 19.5 Å². The van der Waals surface area contributed by atoms with Gasteiger partial charge in [0.15, 0.2) is 5.69 Å². The molecule has 0 fully saturated rings. The molecule has 0 radical (unpaired) electrons. The fourth-order valence-electron chi connectivity index (χ4n) is 3.57. The summed E-state index contributed by atoms with van der Waals surface area (Å²) in [6.07, 6.45) is 0. The van der Waals surface area contributed by atoms with Crippen LogP contribution >= 0.6 is 0 Å². The molecule has 9 heteroatoms. The minimum Gasteiger partial charge on any atom is -0.493 e. The largest absolute Gasteiger partial charge is 0.493 e. The molecule has 9 nitrogen and oxygen atoms in total. The molecule has 2 aromatic heterocycles. The minimum atomic E-state index is -0.794. The van der Waals surface area contributed by atoms with Crippen molar-refractivity contribution in [1.29, 1.82) is 0 Å². The summed E-state index contributed by atoms with van der Waals surface area (Å²) in [7, 11) is 1.73. The van der Waals surface area contributed by atoms with Gasteiger partial charge >= 0.3 is 5.69 Å². The zero-order valence-corrected chi connectivity index (χ0v) is 17.7. The first-order chi connectivity index (χ1) is 15.3. The third-order valence-electron chi connectivity index (χ3n) is 5.27. The van der Waals surface area contributed by atoms with Gasteiger partial charge < -0.3 is 5.11 Å². The van der Waals surface area contributed by atoms with E-state index in [2.05, 4.69) is 9.98 Å². The first-order valence-electron chi connectivity index (χ1n) is 9.84. The maximum Gasteiger partial charge on any atom is 0.335 e. The maximum absolute atomic E-state index is 13.1. The third-order valence-corrected chi connectivity index (χ3v) is 5.27. The summed E-state index contributed by atoms with van der Waals surface area (Å²) < 4.78 is 4.12. The number of hydrogen-bond donors (Lipinski definition) is 2. The smallest absolute Gasteiger partial charge is 0.335 e. The van der Waals surface area contributed by atoms with E-state index in [-0.39, 0.29) is 22.5 Å². The van der Waals surface area contributed by atoms with Crippen LogP contribution in [0.3, 0.4) is 0 Å². The monoisotopic (exact) mass is 431 g/mol. The van der Waals surface area contributed by atoms with Gasteiger partial charge in [-0.2, -0.15) is 0 Å². The molecule has 0 unspecified atom stereocenters. The summed E-state index contributed by atoms with van der Waals surface area (Å²) in [5, 5.41) is 10.8. The predicted molar refractivity (Wildman–Crippen MR) is 122 cm³/mol. The molecule has 162 valence electrons. The molecule has 0 spiro atoms. The number of aromatic nitrogens is 4. The van der Waals surface area contributed by atoms with Gasteiger partial charge in [0.05, 0.1) is 22.8 Å². The SMILES string of the molecule is CC(=Nc1c(C)n(C)n(-c2ccccc2)c1=O)c1c(O)n(-c2ccccc2)c(=O)[nH]c1=O. The average Bonchev–Trinajstić information content (AvgIpc) is 2.98. The Hall–Kier alpha value is -4.40. The molecule has 0 bridgehead atoms. The molecule has 0 aliphatic carbocycles. The first-order valence-corrected chi connectivity index (χ1v) is 9.84. The van der Waals surface area contributed by atoms with E-state index < -0.39 is 17.1 Å². The van der Waals surface area contributed by atoms with Gasteiger partial charge in [0.25, 0.3) is 11.1 Å². The van der Waals surface area contributed by atoms with Crippen LogP contribution in [0.4, 0.5) is 5.69 Å². The molecule has 0 aliphatic rings. The number of aromatic amines is 1. The summed E-state index contributed by atoms with van der Waals surface area (Å²) in [5.41, 5.74) is -0.293. The zero-order chi connectivity index (χ0) is 23.0. The molecule has 0 aliphatic heterocycles. The lowest BCUT2D eigenvalue weighted by molar-refractivity contribution is 0.430. The van der Waals surface area contributed by atoms with Crippen molar-refractivity contribution in [3.05, 3.63) is 103 Å². The van der Waals surface area contributed by atoms with Gasteiger partial charge in [0, 0.05) is 7.05 Å². The fraction of sp³-hybridized carbons (Fsp3) is 0.130. The van der Waals surface area contributed by atoms with Crippen molar-refractivity contribution in [2.24, 2.45) is 12.0 Å². The molecule has 0 amide bonds. The van der Waals surface area contributed by atoms with Gasteiger partial charge in [-0.3, -0.25) is 19.3 Å². The van der Waals surface area contributed by atoms with E-state index in [4.69, 9.17) is 0 Å². The van der Waals surface area contributed by atoms with Crippen molar-refractivity contribution in [2.45, 2.75) is 13.8 Å². The Morgan fingerprint density at radius 3 is 2.09 bits per heavy atom. The molecule has 0 atom stereocenters. The number of para-hydroxylation sites is 2. The number of rotatable bonds is 4. The van der Waals surface area contributed by atoms with E-state index in [0.29, 0.717) is 17.1 Å². The molecule has 32 heavy (non-hydrogen) atoms. The molecular weight excluding hydrogens is 410 g/mol. The Labute approximate surface area is 182 Å². The van der Waals surface area contributed by atoms with E-state index in [0.717, 1.165) is 4.57 Å². The lowest BCUT2D eigenvalue weighted by atomic mass is 10.2. The number of benzene rings is 2. The highest BCUT2D eigenvalue weighted by Crippen LogP contribution is 2.21. The van der Waals surface area contributed by atoms with Crippen molar-refractivity contribution >= 4 is 11.4 Å². The summed E-state index contributed by atoms with van der Waals surface area (Å²) in [5.74, 6) is -0.553. The van der Waals surface area contributed by atoms with Crippen LogP contribution in [-0.2, 0) is 7.05 Å². The normalized spacial score (nSPS) is 11.7. The Balaban J connectivity index is 1.91. The van der Waals surface area contributed by atoms with Crippen LogP contribution < -0.4 is 16.8 Å². The first kappa shape index (κ1) is 20.9. The van der Waals surface area contributed by atoms with Crippen LogP contribution in [0, 0.1) is 6.92 Å². The van der Waals surface area contributed by atoms with Gasteiger partial charge in [-0.25, -0.2) is 19.0 Å². The number of aliphatic imine (C=N–C) groups is 1. The van der Waals surface area contributed by atoms with Crippen molar-refractivity contribution in [2.75, 3.05) is 0 Å². The van der Waals surface area contributed by atoms with Crippen molar-refractivity contribution < 1.29 is 5.11 Å². The number of nitrogens with one attached hydrogen (secondary N) is 1. The third kappa shape index (κ3) is 3.39. The molecule has 2 N–H and O–H groups in total. The second kappa shape index (κ2) is 8.03. The second-order valence-electron chi connectivity index (χ2n) is 7.24. The standard InChI is InChI=1S/C23H21N5O4/c1-14(18-20(29)25-23(32)27(21(18)30)16-10-6-4-7-11-16)24-19-15(2)26(3)28(22(19)31)17-12-8-5-9-13-17/h4-13,30H,1-3H3,(H,25,29,32). The fourth-order valence-corrected chi connectivity index (χ4v) is 3.57. The van der Waals surface area contributed by atoms with Gasteiger partial charge in [0.1, 0.15) is 5.56 Å². The topological polar surface area (TPSA) is 114 Å². The summed E-state index contributed by atoms with van der Waals surface area (Å²) in [4.78, 5) is 44.6.